The molecule has 28 heavy (non-hydrogen) atoms. The van der Waals surface area contributed by atoms with Gasteiger partial charge in [-0.25, -0.2) is 4.79 Å². The topological polar surface area (TPSA) is 114 Å². The van der Waals surface area contributed by atoms with Gasteiger partial charge in [0.25, 0.3) is 11.6 Å². The van der Waals surface area contributed by atoms with E-state index in [0.717, 1.165) is 0 Å². The molecule has 8 heteroatoms. The van der Waals surface area contributed by atoms with Gasteiger partial charge in [0.2, 0.25) is 0 Å². The van der Waals surface area contributed by atoms with Crippen molar-refractivity contribution in [2.75, 3.05) is 5.32 Å². The van der Waals surface area contributed by atoms with Gasteiger partial charge < -0.3 is 15.0 Å². The first-order chi connectivity index (χ1) is 13.3. The number of para-hydroxylation sites is 1. The monoisotopic (exact) mass is 379 g/mol. The zero-order valence-corrected chi connectivity index (χ0v) is 15.2. The number of hydrogen-bond donors (Lipinski definition) is 2. The fraction of sp³-hybridized carbons (Fsp3) is 0.100. The van der Waals surface area contributed by atoms with Crippen LogP contribution in [0.1, 0.15) is 32.1 Å². The van der Waals surface area contributed by atoms with Crippen molar-refractivity contribution in [1.29, 1.82) is 0 Å². The third-order valence-electron chi connectivity index (χ3n) is 4.37. The van der Waals surface area contributed by atoms with Gasteiger partial charge in [0.15, 0.2) is 0 Å². The fourth-order valence-corrected chi connectivity index (χ4v) is 3.11. The quantitative estimate of drug-likeness (QED) is 0.514. The van der Waals surface area contributed by atoms with E-state index in [1.165, 1.54) is 18.2 Å². The fourth-order valence-electron chi connectivity index (χ4n) is 3.11. The van der Waals surface area contributed by atoms with Crippen molar-refractivity contribution < 1.29 is 19.6 Å². The van der Waals surface area contributed by atoms with Gasteiger partial charge in [0.1, 0.15) is 0 Å². The molecule has 1 amide bonds. The normalized spacial score (nSPS) is 10.5. The van der Waals surface area contributed by atoms with E-state index in [4.69, 9.17) is 0 Å². The van der Waals surface area contributed by atoms with Crippen LogP contribution in [0, 0.1) is 24.0 Å². The number of rotatable bonds is 5. The molecule has 0 aliphatic heterocycles. The molecule has 1 heterocycles. The van der Waals surface area contributed by atoms with Crippen LogP contribution in [0.15, 0.2) is 54.6 Å². The van der Waals surface area contributed by atoms with E-state index in [1.54, 1.807) is 54.8 Å². The Morgan fingerprint density at radius 2 is 1.75 bits per heavy atom. The van der Waals surface area contributed by atoms with Crippen molar-refractivity contribution in [2.45, 2.75) is 13.8 Å². The number of aryl methyl sites for hydroxylation is 1. The van der Waals surface area contributed by atoms with Crippen LogP contribution in [0.2, 0.25) is 0 Å². The summed E-state index contributed by atoms with van der Waals surface area (Å²) in [6, 6.07) is 14.0. The van der Waals surface area contributed by atoms with E-state index in [9.17, 15) is 24.8 Å². The molecule has 0 spiro atoms. The number of nitro benzene ring substituents is 1. The summed E-state index contributed by atoms with van der Waals surface area (Å²) in [6.07, 6.45) is 0. The molecule has 0 unspecified atom stereocenters. The van der Waals surface area contributed by atoms with Crippen LogP contribution in [0.3, 0.4) is 0 Å². The van der Waals surface area contributed by atoms with E-state index >= 15 is 0 Å². The lowest BCUT2D eigenvalue weighted by atomic mass is 10.1. The van der Waals surface area contributed by atoms with Crippen molar-refractivity contribution in [3.8, 4) is 5.69 Å². The number of nitrogens with one attached hydrogen (secondary N) is 1. The Labute approximate surface area is 160 Å². The summed E-state index contributed by atoms with van der Waals surface area (Å²) in [6.45, 7) is 3.43. The van der Waals surface area contributed by atoms with Gasteiger partial charge in [0.05, 0.1) is 21.7 Å². The zero-order chi connectivity index (χ0) is 20.4. The molecule has 0 aliphatic carbocycles. The number of carbonyl (C=O) groups excluding carboxylic acids is 1. The molecular formula is C20H17N3O5. The number of amides is 1. The molecule has 142 valence electrons. The second-order valence-corrected chi connectivity index (χ2v) is 6.20. The second kappa shape index (κ2) is 7.36. The van der Waals surface area contributed by atoms with Gasteiger partial charge in [-0.2, -0.15) is 0 Å². The third kappa shape index (κ3) is 3.48. The number of carboxylic acids is 1. The van der Waals surface area contributed by atoms with Crippen LogP contribution in [0.25, 0.3) is 5.69 Å². The van der Waals surface area contributed by atoms with Crippen molar-refractivity contribution in [1.82, 2.24) is 4.57 Å². The SMILES string of the molecule is Cc1cc(C(=O)O)c(C)n1-c1ccccc1C(=O)Nc1cccc([N+](=O)[O-])c1. The Balaban J connectivity index is 2.02. The number of nitro groups is 1. The Bertz CT molecular complexity index is 1100. The molecule has 0 saturated carbocycles. The van der Waals surface area contributed by atoms with Crippen LogP contribution in [0.4, 0.5) is 11.4 Å². The van der Waals surface area contributed by atoms with E-state index in [2.05, 4.69) is 5.32 Å². The summed E-state index contributed by atoms with van der Waals surface area (Å²) in [5, 5.41) is 22.9. The molecule has 0 aliphatic rings. The van der Waals surface area contributed by atoms with E-state index in [1.807, 2.05) is 0 Å². The highest BCUT2D eigenvalue weighted by molar-refractivity contribution is 6.07. The first kappa shape index (κ1) is 18.8. The van der Waals surface area contributed by atoms with E-state index in [-0.39, 0.29) is 11.3 Å². The van der Waals surface area contributed by atoms with E-state index in [0.29, 0.717) is 28.3 Å². The predicted octanol–water partition coefficient (Wildman–Crippen LogP) is 3.95. The molecule has 0 atom stereocenters. The number of benzene rings is 2. The summed E-state index contributed by atoms with van der Waals surface area (Å²) < 4.78 is 1.70. The maximum absolute atomic E-state index is 12.8. The van der Waals surface area contributed by atoms with Gasteiger partial charge in [-0.05, 0) is 38.1 Å². The molecule has 0 radical (unpaired) electrons. The molecule has 3 rings (SSSR count). The molecule has 2 aromatic carbocycles. The van der Waals surface area contributed by atoms with Crippen molar-refractivity contribution in [3.63, 3.8) is 0 Å². The Hall–Kier alpha value is -3.94. The minimum absolute atomic E-state index is 0.130. The van der Waals surface area contributed by atoms with Crippen molar-refractivity contribution >= 4 is 23.3 Å². The van der Waals surface area contributed by atoms with Crippen molar-refractivity contribution in [2.24, 2.45) is 0 Å². The van der Waals surface area contributed by atoms with Crippen LogP contribution in [-0.4, -0.2) is 26.5 Å². The predicted molar refractivity (Wildman–Crippen MR) is 103 cm³/mol. The third-order valence-corrected chi connectivity index (χ3v) is 4.37. The van der Waals surface area contributed by atoms with Crippen molar-refractivity contribution in [3.05, 3.63) is 87.2 Å². The molecule has 0 saturated heterocycles. The highest BCUT2D eigenvalue weighted by atomic mass is 16.6. The average Bonchev–Trinajstić information content (AvgIpc) is 2.96. The molecule has 0 fully saturated rings. The molecule has 1 aromatic heterocycles. The van der Waals surface area contributed by atoms with Gasteiger partial charge in [-0.15, -0.1) is 0 Å². The maximum Gasteiger partial charge on any atom is 0.337 e. The largest absolute Gasteiger partial charge is 0.478 e. The first-order valence-electron chi connectivity index (χ1n) is 8.37. The van der Waals surface area contributed by atoms with Gasteiger partial charge in [-0.1, -0.05) is 18.2 Å². The molecule has 8 nitrogen and oxygen atoms in total. The van der Waals surface area contributed by atoms with Crippen LogP contribution in [-0.2, 0) is 0 Å². The second-order valence-electron chi connectivity index (χ2n) is 6.20. The summed E-state index contributed by atoms with van der Waals surface area (Å²) in [7, 11) is 0. The summed E-state index contributed by atoms with van der Waals surface area (Å²) in [4.78, 5) is 34.6. The lowest BCUT2D eigenvalue weighted by Gasteiger charge is -2.15. The molecular weight excluding hydrogens is 362 g/mol. The highest BCUT2D eigenvalue weighted by Gasteiger charge is 2.20. The number of hydrogen-bond acceptors (Lipinski definition) is 4. The summed E-state index contributed by atoms with van der Waals surface area (Å²) in [5.74, 6) is -1.50. The molecule has 2 N–H and O–H groups in total. The Morgan fingerprint density at radius 1 is 1.04 bits per heavy atom. The molecule has 0 bridgehead atoms. The van der Waals surface area contributed by atoms with Gasteiger partial charge in [0, 0.05) is 29.2 Å². The number of aromatic carboxylic acids is 1. The Morgan fingerprint density at radius 3 is 2.39 bits per heavy atom. The van der Waals surface area contributed by atoms with Gasteiger partial charge in [-0.3, -0.25) is 14.9 Å². The van der Waals surface area contributed by atoms with E-state index < -0.39 is 16.8 Å². The van der Waals surface area contributed by atoms with Crippen LogP contribution >= 0.6 is 0 Å². The smallest absolute Gasteiger partial charge is 0.337 e. The number of aromatic nitrogens is 1. The lowest BCUT2D eigenvalue weighted by molar-refractivity contribution is -0.384. The minimum Gasteiger partial charge on any atom is -0.478 e. The number of carbonyl (C=O) groups is 2. The molecule has 3 aromatic rings. The first-order valence-corrected chi connectivity index (χ1v) is 8.37. The maximum atomic E-state index is 12.8. The number of anilines is 1. The summed E-state index contributed by atoms with van der Waals surface area (Å²) >= 11 is 0. The standard InChI is InChI=1S/C20H17N3O5/c1-12-10-17(20(25)26)13(2)22(12)18-9-4-3-8-16(18)19(24)21-14-6-5-7-15(11-14)23(27)28/h3-11H,1-2H3,(H,21,24)(H,25,26). The number of nitrogens with zero attached hydrogens (tertiary/aromatic N) is 2. The Kier molecular flexibility index (Phi) is 4.95. The van der Waals surface area contributed by atoms with Gasteiger partial charge >= 0.3 is 5.97 Å². The number of non-ortho nitro benzene ring substituents is 1. The highest BCUT2D eigenvalue weighted by Crippen LogP contribution is 2.25. The average molecular weight is 379 g/mol. The van der Waals surface area contributed by atoms with Crippen LogP contribution < -0.4 is 5.32 Å². The minimum atomic E-state index is -1.04. The van der Waals surface area contributed by atoms with Crippen LogP contribution in [0.5, 0.6) is 0 Å². The zero-order valence-electron chi connectivity index (χ0n) is 15.2. The number of carboxylic acid groups (broad SMARTS) is 1. The lowest BCUT2D eigenvalue weighted by Crippen LogP contribution is -2.16. The summed E-state index contributed by atoms with van der Waals surface area (Å²) in [5.41, 5.74) is 2.33.